The minimum atomic E-state index is -1.40. The van der Waals surface area contributed by atoms with Gasteiger partial charge in [0.1, 0.15) is 18.5 Å². The summed E-state index contributed by atoms with van der Waals surface area (Å²) in [5, 5.41) is 11.0. The van der Waals surface area contributed by atoms with Crippen LogP contribution in [0.5, 0.6) is 0 Å². The second-order valence-electron chi connectivity index (χ2n) is 8.14. The number of hydrogen-bond donors (Lipinski definition) is 1. The quantitative estimate of drug-likeness (QED) is 0.429. The van der Waals surface area contributed by atoms with Gasteiger partial charge in [0.05, 0.1) is 11.2 Å². The zero-order valence-corrected chi connectivity index (χ0v) is 17.1. The van der Waals surface area contributed by atoms with E-state index in [9.17, 15) is 19.5 Å². The lowest BCUT2D eigenvalue weighted by atomic mass is 9.86. The molecule has 1 fully saturated rings. The SMILES string of the molecule is C=C(C)C(=O)O[C@H]1C[C@@H](C)[C@]2(O)CC[C@](C)(/C=C3/OC(=O)C(COC(C)=O)=C31)O2. The van der Waals surface area contributed by atoms with Gasteiger partial charge in [-0.25, -0.2) is 9.59 Å². The highest BCUT2D eigenvalue weighted by molar-refractivity contribution is 5.96. The Morgan fingerprint density at radius 2 is 2.03 bits per heavy atom. The molecule has 8 heteroatoms. The molecule has 3 heterocycles. The smallest absolute Gasteiger partial charge is 0.343 e. The minimum Gasteiger partial charge on any atom is -0.461 e. The molecule has 0 spiro atoms. The number of rotatable bonds is 4. The van der Waals surface area contributed by atoms with Crippen LogP contribution in [0, 0.1) is 5.92 Å². The van der Waals surface area contributed by atoms with Crippen LogP contribution in [0.2, 0.25) is 0 Å². The summed E-state index contributed by atoms with van der Waals surface area (Å²) in [4.78, 5) is 36.1. The Labute approximate surface area is 169 Å². The average molecular weight is 406 g/mol. The number of hydrogen-bond acceptors (Lipinski definition) is 8. The van der Waals surface area contributed by atoms with Crippen molar-refractivity contribution < 1.29 is 38.4 Å². The summed E-state index contributed by atoms with van der Waals surface area (Å²) >= 11 is 0. The van der Waals surface area contributed by atoms with Crippen molar-refractivity contribution in [3.05, 3.63) is 35.1 Å². The Hall–Kier alpha value is -2.45. The maximum Gasteiger partial charge on any atom is 0.343 e. The van der Waals surface area contributed by atoms with Gasteiger partial charge in [0.15, 0.2) is 5.79 Å². The molecule has 158 valence electrons. The highest BCUT2D eigenvalue weighted by atomic mass is 16.6. The van der Waals surface area contributed by atoms with Crippen LogP contribution in [0.1, 0.15) is 47.0 Å². The van der Waals surface area contributed by atoms with Crippen LogP contribution >= 0.6 is 0 Å². The molecule has 3 rings (SSSR count). The van der Waals surface area contributed by atoms with Crippen LogP contribution in [0.4, 0.5) is 0 Å². The van der Waals surface area contributed by atoms with Gasteiger partial charge in [0.2, 0.25) is 0 Å². The third-order valence-corrected chi connectivity index (χ3v) is 5.54. The van der Waals surface area contributed by atoms with Crippen molar-refractivity contribution in [1.82, 2.24) is 0 Å². The first-order valence-electron chi connectivity index (χ1n) is 9.55. The van der Waals surface area contributed by atoms with Crippen LogP contribution in [-0.2, 0) is 33.3 Å². The van der Waals surface area contributed by atoms with E-state index in [1.807, 2.05) is 0 Å². The third-order valence-electron chi connectivity index (χ3n) is 5.54. The Balaban J connectivity index is 2.12. The lowest BCUT2D eigenvalue weighted by Gasteiger charge is -2.33. The molecule has 3 aliphatic heterocycles. The van der Waals surface area contributed by atoms with Gasteiger partial charge in [-0.05, 0) is 32.8 Å². The Bertz CT molecular complexity index is 838. The zero-order valence-electron chi connectivity index (χ0n) is 17.1. The topological polar surface area (TPSA) is 108 Å². The third kappa shape index (κ3) is 4.13. The van der Waals surface area contributed by atoms with E-state index in [-0.39, 0.29) is 29.9 Å². The van der Waals surface area contributed by atoms with Crippen molar-refractivity contribution in [2.24, 2.45) is 5.92 Å². The van der Waals surface area contributed by atoms with Gasteiger partial charge in [-0.1, -0.05) is 13.5 Å². The molecule has 4 atom stereocenters. The molecule has 8 nitrogen and oxygen atoms in total. The van der Waals surface area contributed by atoms with Gasteiger partial charge in [-0.3, -0.25) is 4.79 Å². The highest BCUT2D eigenvalue weighted by Gasteiger charge is 2.52. The first kappa shape index (κ1) is 21.3. The van der Waals surface area contributed by atoms with Gasteiger partial charge in [0, 0.05) is 30.4 Å². The summed E-state index contributed by atoms with van der Waals surface area (Å²) in [5.74, 6) is -3.49. The van der Waals surface area contributed by atoms with E-state index in [1.54, 1.807) is 19.9 Å². The summed E-state index contributed by atoms with van der Waals surface area (Å²) in [6, 6.07) is 0. The molecule has 3 aliphatic rings. The first-order valence-corrected chi connectivity index (χ1v) is 9.55. The summed E-state index contributed by atoms with van der Waals surface area (Å²) in [6.45, 7) is 9.62. The van der Waals surface area contributed by atoms with E-state index in [0.717, 1.165) is 0 Å². The Morgan fingerprint density at radius 1 is 1.34 bits per heavy atom. The highest BCUT2D eigenvalue weighted by Crippen LogP contribution is 2.47. The van der Waals surface area contributed by atoms with E-state index >= 15 is 0 Å². The van der Waals surface area contributed by atoms with Gasteiger partial charge in [-0.2, -0.15) is 0 Å². The van der Waals surface area contributed by atoms with Crippen molar-refractivity contribution in [2.45, 2.75) is 64.4 Å². The second-order valence-corrected chi connectivity index (χ2v) is 8.14. The van der Waals surface area contributed by atoms with Crippen LogP contribution in [0.15, 0.2) is 35.1 Å². The lowest BCUT2D eigenvalue weighted by Crippen LogP contribution is -2.40. The second kappa shape index (κ2) is 7.42. The molecule has 2 bridgehead atoms. The zero-order chi connectivity index (χ0) is 21.6. The molecular formula is C21H26O8. The van der Waals surface area contributed by atoms with Gasteiger partial charge in [0.25, 0.3) is 0 Å². The number of aliphatic hydroxyl groups is 1. The van der Waals surface area contributed by atoms with Crippen LogP contribution in [0.3, 0.4) is 0 Å². The fourth-order valence-corrected chi connectivity index (χ4v) is 3.86. The van der Waals surface area contributed by atoms with E-state index in [2.05, 4.69) is 6.58 Å². The molecule has 0 amide bonds. The monoisotopic (exact) mass is 406 g/mol. The normalized spacial score (nSPS) is 35.5. The lowest BCUT2D eigenvalue weighted by molar-refractivity contribution is -0.238. The van der Waals surface area contributed by atoms with Crippen LogP contribution in [0.25, 0.3) is 0 Å². The maximum absolute atomic E-state index is 12.5. The predicted molar refractivity (Wildman–Crippen MR) is 100.0 cm³/mol. The molecule has 29 heavy (non-hydrogen) atoms. The van der Waals surface area contributed by atoms with Crippen LogP contribution < -0.4 is 0 Å². The van der Waals surface area contributed by atoms with Crippen LogP contribution in [-0.4, -0.2) is 47.1 Å². The summed E-state index contributed by atoms with van der Waals surface area (Å²) in [6.07, 6.45) is 1.81. The van der Waals surface area contributed by atoms with E-state index < -0.39 is 41.3 Å². The predicted octanol–water partition coefficient (Wildman–Crippen LogP) is 2.07. The van der Waals surface area contributed by atoms with Crippen molar-refractivity contribution in [3.8, 4) is 0 Å². The van der Waals surface area contributed by atoms with Crippen molar-refractivity contribution >= 4 is 17.9 Å². The molecule has 0 radical (unpaired) electrons. The van der Waals surface area contributed by atoms with E-state index in [4.69, 9.17) is 18.9 Å². The Morgan fingerprint density at radius 3 is 2.66 bits per heavy atom. The fraction of sp³-hybridized carbons (Fsp3) is 0.571. The van der Waals surface area contributed by atoms with Crippen molar-refractivity contribution in [1.29, 1.82) is 0 Å². The minimum absolute atomic E-state index is 0.103. The fourth-order valence-electron chi connectivity index (χ4n) is 3.86. The van der Waals surface area contributed by atoms with E-state index in [0.29, 0.717) is 18.4 Å². The molecule has 0 unspecified atom stereocenters. The molecule has 1 N–H and O–H groups in total. The average Bonchev–Trinajstić information content (AvgIpc) is 3.09. The number of carbonyl (C=O) groups is 3. The summed E-state index contributed by atoms with van der Waals surface area (Å²) < 4.78 is 22.1. The molecule has 0 aromatic carbocycles. The molecule has 0 saturated carbocycles. The molecular weight excluding hydrogens is 380 g/mol. The number of esters is 3. The largest absolute Gasteiger partial charge is 0.461 e. The molecule has 0 aromatic rings. The first-order chi connectivity index (χ1) is 13.4. The van der Waals surface area contributed by atoms with Crippen molar-refractivity contribution in [2.75, 3.05) is 6.61 Å². The molecule has 0 aliphatic carbocycles. The summed E-state index contributed by atoms with van der Waals surface area (Å²) in [5.41, 5.74) is -0.238. The summed E-state index contributed by atoms with van der Waals surface area (Å²) in [7, 11) is 0. The number of carbonyl (C=O) groups excluding carboxylic acids is 3. The van der Waals surface area contributed by atoms with Gasteiger partial charge < -0.3 is 24.1 Å². The number of fused-ring (bicyclic) bond motifs is 3. The van der Waals surface area contributed by atoms with Gasteiger partial charge in [-0.15, -0.1) is 0 Å². The van der Waals surface area contributed by atoms with E-state index in [1.165, 1.54) is 13.8 Å². The van der Waals surface area contributed by atoms with Gasteiger partial charge >= 0.3 is 17.9 Å². The standard InChI is InChI=1S/C21H26O8/c1-11(2)18(23)27-15-8-12(3)21(25)7-6-20(5,29-21)9-16-17(15)14(19(24)28-16)10-26-13(4)22/h9,12,15,25H,1,6-8,10H2,2-5H3/b16-9+/t12-,15+,20-,21+/m1/s1. The molecule has 0 aromatic heterocycles. The Kier molecular flexibility index (Phi) is 5.44. The maximum atomic E-state index is 12.5. The molecule has 1 saturated heterocycles. The number of ether oxygens (including phenoxy) is 4. The van der Waals surface area contributed by atoms with Crippen molar-refractivity contribution in [3.63, 3.8) is 0 Å².